The standard InChI is InChI=1S/C6H13O9P.Na.H/c7-1-2(8)4(10)6(5(11)3(1)9)15-16(12,13)14;;/h1-11H,(H2,12,13,14);;/t1-,2-,3+,4-,5-,6-;;/m0../s1. The van der Waals surface area contributed by atoms with Crippen molar-refractivity contribution < 1.29 is 44.4 Å². The molecule has 0 radical (unpaired) electrons. The summed E-state index contributed by atoms with van der Waals surface area (Å²) in [5.74, 6) is 0. The molecule has 1 aliphatic rings. The van der Waals surface area contributed by atoms with Crippen molar-refractivity contribution in [3.63, 3.8) is 0 Å². The van der Waals surface area contributed by atoms with Gasteiger partial charge in [-0.1, -0.05) is 0 Å². The van der Waals surface area contributed by atoms with Gasteiger partial charge >= 0.3 is 37.4 Å². The summed E-state index contributed by atoms with van der Waals surface area (Å²) >= 11 is 0. The van der Waals surface area contributed by atoms with Crippen LogP contribution in [0.5, 0.6) is 0 Å². The fraction of sp³-hybridized carbons (Fsp3) is 1.00. The Kier molecular flexibility index (Phi) is 6.72. The molecule has 0 aliphatic heterocycles. The van der Waals surface area contributed by atoms with Crippen LogP contribution in [0.4, 0.5) is 0 Å². The first-order chi connectivity index (χ1) is 7.15. The van der Waals surface area contributed by atoms with E-state index >= 15 is 0 Å². The van der Waals surface area contributed by atoms with Gasteiger partial charge in [-0.25, -0.2) is 4.57 Å². The molecule has 1 aliphatic carbocycles. The molecule has 0 aromatic rings. The molecule has 9 nitrogen and oxygen atoms in total. The summed E-state index contributed by atoms with van der Waals surface area (Å²) in [5, 5.41) is 46.1. The van der Waals surface area contributed by atoms with Crippen molar-refractivity contribution in [2.24, 2.45) is 0 Å². The average Bonchev–Trinajstić information content (AvgIpc) is 2.17. The van der Waals surface area contributed by atoms with Crippen LogP contribution in [0.3, 0.4) is 0 Å². The van der Waals surface area contributed by atoms with E-state index in [1.807, 2.05) is 0 Å². The Labute approximate surface area is 118 Å². The van der Waals surface area contributed by atoms with Gasteiger partial charge in [-0.2, -0.15) is 0 Å². The number of aliphatic hydroxyl groups excluding tert-OH is 5. The molecule has 98 valence electrons. The van der Waals surface area contributed by atoms with Crippen molar-refractivity contribution in [2.45, 2.75) is 36.6 Å². The zero-order valence-electron chi connectivity index (χ0n) is 7.86. The second-order valence-corrected chi connectivity index (χ2v) is 4.71. The summed E-state index contributed by atoms with van der Waals surface area (Å²) in [5.41, 5.74) is 0. The van der Waals surface area contributed by atoms with E-state index in [9.17, 15) is 25.0 Å². The summed E-state index contributed by atoms with van der Waals surface area (Å²) in [6, 6.07) is 0. The molecule has 17 heavy (non-hydrogen) atoms. The van der Waals surface area contributed by atoms with Crippen LogP contribution in [0.25, 0.3) is 0 Å². The number of hydrogen-bond acceptors (Lipinski definition) is 7. The van der Waals surface area contributed by atoms with Gasteiger partial charge in [0.1, 0.15) is 36.6 Å². The quantitative estimate of drug-likeness (QED) is 0.196. The van der Waals surface area contributed by atoms with Crippen LogP contribution in [-0.2, 0) is 9.09 Å². The summed E-state index contributed by atoms with van der Waals surface area (Å²) in [6.45, 7) is 0. The second kappa shape index (κ2) is 6.38. The molecule has 0 heterocycles. The third kappa shape index (κ3) is 4.20. The van der Waals surface area contributed by atoms with E-state index in [1.54, 1.807) is 0 Å². The van der Waals surface area contributed by atoms with Crippen LogP contribution in [0, 0.1) is 0 Å². The first-order valence-corrected chi connectivity index (χ1v) is 5.82. The van der Waals surface area contributed by atoms with E-state index in [0.29, 0.717) is 0 Å². The van der Waals surface area contributed by atoms with Crippen LogP contribution < -0.4 is 0 Å². The molecule has 1 rings (SSSR count). The predicted octanol–water partition coefficient (Wildman–Crippen LogP) is -4.37. The van der Waals surface area contributed by atoms with Crippen molar-refractivity contribution in [3.05, 3.63) is 0 Å². The minimum absolute atomic E-state index is 0. The van der Waals surface area contributed by atoms with Gasteiger partial charge < -0.3 is 35.3 Å². The maximum absolute atomic E-state index is 10.5. The van der Waals surface area contributed by atoms with Gasteiger partial charge in [-0.05, 0) is 0 Å². The van der Waals surface area contributed by atoms with Gasteiger partial charge in [0.2, 0.25) is 0 Å². The SMILES string of the molecule is O=P(O)(O)O[C@@H]1[C@@H](O)[C@H](O)[C@@H](O)[C@H](O)[C@@H]1O.[NaH]. The van der Waals surface area contributed by atoms with Crippen LogP contribution >= 0.6 is 7.82 Å². The van der Waals surface area contributed by atoms with Crippen LogP contribution in [0.1, 0.15) is 0 Å². The summed E-state index contributed by atoms with van der Waals surface area (Å²) in [6.07, 6.45) is -11.3. The van der Waals surface area contributed by atoms with E-state index in [4.69, 9.17) is 14.9 Å². The number of aliphatic hydroxyl groups is 5. The number of rotatable bonds is 2. The molecule has 1 fully saturated rings. The van der Waals surface area contributed by atoms with Gasteiger partial charge in [0.15, 0.2) is 0 Å². The molecule has 0 unspecified atom stereocenters. The van der Waals surface area contributed by atoms with Crippen molar-refractivity contribution >= 4 is 37.4 Å². The van der Waals surface area contributed by atoms with Crippen molar-refractivity contribution in [3.8, 4) is 0 Å². The zero-order chi connectivity index (χ0) is 12.7. The van der Waals surface area contributed by atoms with Crippen LogP contribution in [0.15, 0.2) is 0 Å². The maximum atomic E-state index is 10.5. The van der Waals surface area contributed by atoms with Gasteiger partial charge in [0.25, 0.3) is 0 Å². The second-order valence-electron chi connectivity index (χ2n) is 3.51. The normalized spacial score (nSPS) is 43.0. The Morgan fingerprint density at radius 1 is 0.765 bits per heavy atom. The Bertz CT molecular complexity index is 279. The monoisotopic (exact) mass is 284 g/mol. The molecular weight excluding hydrogens is 270 g/mol. The van der Waals surface area contributed by atoms with Gasteiger partial charge in [-0.15, -0.1) is 0 Å². The van der Waals surface area contributed by atoms with Crippen LogP contribution in [-0.4, -0.2) is 102 Å². The Balaban J connectivity index is 0.00000256. The van der Waals surface area contributed by atoms with Crippen molar-refractivity contribution in [1.29, 1.82) is 0 Å². The van der Waals surface area contributed by atoms with E-state index in [-0.39, 0.29) is 29.6 Å². The van der Waals surface area contributed by atoms with E-state index in [0.717, 1.165) is 0 Å². The molecule has 0 aromatic carbocycles. The van der Waals surface area contributed by atoms with E-state index in [1.165, 1.54) is 0 Å². The molecular formula is C6H14NaO9P. The summed E-state index contributed by atoms with van der Waals surface area (Å²) < 4.78 is 14.5. The molecule has 0 bridgehead atoms. The minimum atomic E-state index is -5.01. The molecule has 6 atom stereocenters. The Morgan fingerprint density at radius 3 is 1.35 bits per heavy atom. The van der Waals surface area contributed by atoms with Gasteiger partial charge in [0, 0.05) is 0 Å². The average molecular weight is 284 g/mol. The third-order valence-electron chi connectivity index (χ3n) is 2.33. The van der Waals surface area contributed by atoms with Crippen molar-refractivity contribution in [1.82, 2.24) is 0 Å². The molecule has 0 amide bonds. The molecule has 0 aromatic heterocycles. The molecule has 11 heteroatoms. The van der Waals surface area contributed by atoms with Crippen LogP contribution in [0.2, 0.25) is 0 Å². The predicted molar refractivity (Wildman–Crippen MR) is 54.1 cm³/mol. The van der Waals surface area contributed by atoms with E-state index < -0.39 is 44.4 Å². The number of hydrogen-bond donors (Lipinski definition) is 7. The van der Waals surface area contributed by atoms with Crippen molar-refractivity contribution in [2.75, 3.05) is 0 Å². The zero-order valence-corrected chi connectivity index (χ0v) is 8.75. The summed E-state index contributed by atoms with van der Waals surface area (Å²) in [7, 11) is -5.01. The fourth-order valence-electron chi connectivity index (χ4n) is 1.48. The third-order valence-corrected chi connectivity index (χ3v) is 2.85. The fourth-order valence-corrected chi connectivity index (χ4v) is 2.05. The number of phosphoric ester groups is 1. The first-order valence-electron chi connectivity index (χ1n) is 4.29. The molecule has 0 saturated heterocycles. The molecule has 1 saturated carbocycles. The number of phosphoric acid groups is 1. The van der Waals surface area contributed by atoms with Gasteiger partial charge in [0.05, 0.1) is 0 Å². The Hall–Kier alpha value is 0.910. The van der Waals surface area contributed by atoms with E-state index in [2.05, 4.69) is 4.52 Å². The van der Waals surface area contributed by atoms with Gasteiger partial charge in [-0.3, -0.25) is 4.52 Å². The molecule has 7 N–H and O–H groups in total. The Morgan fingerprint density at radius 2 is 1.06 bits per heavy atom. The first kappa shape index (κ1) is 17.9. The molecule has 0 spiro atoms. The topological polar surface area (TPSA) is 168 Å². The summed E-state index contributed by atoms with van der Waals surface area (Å²) in [4.78, 5) is 17.0.